The van der Waals surface area contributed by atoms with E-state index in [4.69, 9.17) is 4.74 Å². The molecular weight excluding hydrogens is 172 g/mol. The Morgan fingerprint density at radius 1 is 1.43 bits per heavy atom. The van der Waals surface area contributed by atoms with Crippen LogP contribution >= 0.6 is 0 Å². The zero-order valence-corrected chi connectivity index (χ0v) is 9.21. The van der Waals surface area contributed by atoms with Crippen molar-refractivity contribution < 1.29 is 4.74 Å². The average Bonchev–Trinajstić information content (AvgIpc) is 2.20. The first-order chi connectivity index (χ1) is 6.65. The van der Waals surface area contributed by atoms with Crippen molar-refractivity contribution in [3.05, 3.63) is 42.0 Å². The van der Waals surface area contributed by atoms with Gasteiger partial charge in [0.2, 0.25) is 0 Å². The summed E-state index contributed by atoms with van der Waals surface area (Å²) in [7, 11) is 0. The predicted molar refractivity (Wildman–Crippen MR) is 60.8 cm³/mol. The van der Waals surface area contributed by atoms with Crippen LogP contribution in [0.5, 0.6) is 5.75 Å². The lowest BCUT2D eigenvalue weighted by molar-refractivity contribution is 0.283. The van der Waals surface area contributed by atoms with Gasteiger partial charge in [-0.15, -0.1) is 6.58 Å². The van der Waals surface area contributed by atoms with Gasteiger partial charge >= 0.3 is 0 Å². The average molecular weight is 190 g/mol. The Bertz CT molecular complexity index is 315. The van der Waals surface area contributed by atoms with Crippen LogP contribution < -0.4 is 4.74 Å². The molecule has 1 heteroatoms. The predicted octanol–water partition coefficient (Wildman–Crippen LogP) is 3.50. The number of rotatable bonds is 4. The molecule has 0 amide bonds. The fourth-order valence-corrected chi connectivity index (χ4v) is 1.17. The van der Waals surface area contributed by atoms with E-state index in [0.29, 0.717) is 12.5 Å². The first kappa shape index (κ1) is 10.8. The largest absolute Gasteiger partial charge is 0.493 e. The Morgan fingerprint density at radius 3 is 2.79 bits per heavy atom. The quantitative estimate of drug-likeness (QED) is 0.660. The second-order valence-electron chi connectivity index (χ2n) is 3.72. The number of aryl methyl sites for hydroxylation is 1. The molecule has 1 aromatic rings. The lowest BCUT2D eigenvalue weighted by Crippen LogP contribution is -2.06. The molecule has 0 aliphatic carbocycles. The van der Waals surface area contributed by atoms with Crippen LogP contribution in [-0.2, 0) is 0 Å². The van der Waals surface area contributed by atoms with E-state index < -0.39 is 0 Å². The van der Waals surface area contributed by atoms with Gasteiger partial charge in [0.05, 0.1) is 6.61 Å². The third-order valence-corrected chi connectivity index (χ3v) is 2.46. The molecule has 0 saturated carbocycles. The second-order valence-corrected chi connectivity index (χ2v) is 3.72. The molecule has 1 aromatic carbocycles. The molecule has 0 heterocycles. The smallest absolute Gasteiger partial charge is 0.122 e. The Balaban J connectivity index is 2.67. The highest BCUT2D eigenvalue weighted by molar-refractivity contribution is 5.38. The van der Waals surface area contributed by atoms with Gasteiger partial charge in [0.25, 0.3) is 0 Å². The minimum atomic E-state index is 0.398. The van der Waals surface area contributed by atoms with E-state index in [1.807, 2.05) is 18.2 Å². The summed E-state index contributed by atoms with van der Waals surface area (Å²) in [6, 6.07) is 6.13. The molecular formula is C13H18O. The van der Waals surface area contributed by atoms with Crippen molar-refractivity contribution in [3.8, 4) is 5.75 Å². The molecule has 0 N–H and O–H groups in total. The topological polar surface area (TPSA) is 9.23 Å². The molecule has 0 spiro atoms. The highest BCUT2D eigenvalue weighted by atomic mass is 16.5. The summed E-state index contributed by atoms with van der Waals surface area (Å²) in [5.41, 5.74) is 2.50. The van der Waals surface area contributed by atoms with Gasteiger partial charge in [0.1, 0.15) is 5.75 Å². The molecule has 1 nitrogen and oxygen atoms in total. The fraction of sp³-hybridized carbons (Fsp3) is 0.385. The molecule has 76 valence electrons. The number of benzene rings is 1. The minimum Gasteiger partial charge on any atom is -0.493 e. The summed E-state index contributed by atoms with van der Waals surface area (Å²) in [6.45, 7) is 10.7. The van der Waals surface area contributed by atoms with E-state index in [1.54, 1.807) is 0 Å². The van der Waals surface area contributed by atoms with Crippen molar-refractivity contribution in [2.75, 3.05) is 6.61 Å². The highest BCUT2D eigenvalue weighted by Crippen LogP contribution is 2.21. The maximum absolute atomic E-state index is 5.70. The van der Waals surface area contributed by atoms with Crippen LogP contribution in [0.2, 0.25) is 0 Å². The Kier molecular flexibility index (Phi) is 3.75. The van der Waals surface area contributed by atoms with Crippen molar-refractivity contribution in [2.45, 2.75) is 20.8 Å². The first-order valence-corrected chi connectivity index (χ1v) is 4.96. The van der Waals surface area contributed by atoms with E-state index in [9.17, 15) is 0 Å². The number of hydrogen-bond acceptors (Lipinski definition) is 1. The highest BCUT2D eigenvalue weighted by Gasteiger charge is 2.02. The molecule has 0 saturated heterocycles. The lowest BCUT2D eigenvalue weighted by atomic mass is 10.1. The van der Waals surface area contributed by atoms with E-state index in [-0.39, 0.29) is 0 Å². The standard InChI is InChI=1S/C13H18O/c1-5-10(2)9-14-13-8-6-7-11(3)12(13)4/h5-8,10H,1,9H2,2-4H3. The van der Waals surface area contributed by atoms with Crippen LogP contribution in [0.25, 0.3) is 0 Å². The molecule has 0 aliphatic heterocycles. The monoisotopic (exact) mass is 190 g/mol. The molecule has 1 rings (SSSR count). The SMILES string of the molecule is C=CC(C)COc1cccc(C)c1C. The molecule has 0 aromatic heterocycles. The third kappa shape index (κ3) is 2.63. The van der Waals surface area contributed by atoms with Gasteiger partial charge in [-0.25, -0.2) is 0 Å². The molecule has 0 bridgehead atoms. The fourth-order valence-electron chi connectivity index (χ4n) is 1.17. The second kappa shape index (κ2) is 4.85. The summed E-state index contributed by atoms with van der Waals surface area (Å²) < 4.78 is 5.70. The van der Waals surface area contributed by atoms with Crippen molar-refractivity contribution >= 4 is 0 Å². The van der Waals surface area contributed by atoms with E-state index in [2.05, 4.69) is 33.4 Å². The van der Waals surface area contributed by atoms with Crippen LogP contribution in [0.3, 0.4) is 0 Å². The van der Waals surface area contributed by atoms with Crippen molar-refractivity contribution in [2.24, 2.45) is 5.92 Å². The van der Waals surface area contributed by atoms with Gasteiger partial charge in [-0.1, -0.05) is 25.1 Å². The Hall–Kier alpha value is -1.24. The van der Waals surface area contributed by atoms with Gasteiger partial charge in [0, 0.05) is 5.92 Å². The van der Waals surface area contributed by atoms with E-state index in [0.717, 1.165) is 5.75 Å². The summed E-state index contributed by atoms with van der Waals surface area (Å²) in [5, 5.41) is 0. The normalized spacial score (nSPS) is 12.2. The van der Waals surface area contributed by atoms with Crippen molar-refractivity contribution in [1.29, 1.82) is 0 Å². The Morgan fingerprint density at radius 2 is 2.14 bits per heavy atom. The summed E-state index contributed by atoms with van der Waals surface area (Å²) in [6.07, 6.45) is 1.91. The van der Waals surface area contributed by atoms with Crippen molar-refractivity contribution in [3.63, 3.8) is 0 Å². The van der Waals surface area contributed by atoms with Gasteiger partial charge in [0.15, 0.2) is 0 Å². The van der Waals surface area contributed by atoms with Crippen LogP contribution in [-0.4, -0.2) is 6.61 Å². The summed E-state index contributed by atoms with van der Waals surface area (Å²) >= 11 is 0. The first-order valence-electron chi connectivity index (χ1n) is 4.96. The van der Waals surface area contributed by atoms with Gasteiger partial charge in [-0.2, -0.15) is 0 Å². The molecule has 0 fully saturated rings. The van der Waals surface area contributed by atoms with Gasteiger partial charge < -0.3 is 4.74 Å². The number of ether oxygens (including phenoxy) is 1. The van der Waals surface area contributed by atoms with Crippen LogP contribution in [0.4, 0.5) is 0 Å². The third-order valence-electron chi connectivity index (χ3n) is 2.46. The number of hydrogen-bond donors (Lipinski definition) is 0. The maximum atomic E-state index is 5.70. The maximum Gasteiger partial charge on any atom is 0.122 e. The van der Waals surface area contributed by atoms with E-state index >= 15 is 0 Å². The van der Waals surface area contributed by atoms with E-state index in [1.165, 1.54) is 11.1 Å². The van der Waals surface area contributed by atoms with Crippen LogP contribution in [0.15, 0.2) is 30.9 Å². The molecule has 1 atom stereocenters. The van der Waals surface area contributed by atoms with Crippen molar-refractivity contribution in [1.82, 2.24) is 0 Å². The molecule has 1 unspecified atom stereocenters. The van der Waals surface area contributed by atoms with Crippen LogP contribution in [0, 0.1) is 19.8 Å². The molecule has 0 aliphatic rings. The Labute approximate surface area is 86.4 Å². The lowest BCUT2D eigenvalue weighted by Gasteiger charge is -2.12. The van der Waals surface area contributed by atoms with Crippen LogP contribution in [0.1, 0.15) is 18.1 Å². The molecule has 0 radical (unpaired) electrons. The molecule has 14 heavy (non-hydrogen) atoms. The minimum absolute atomic E-state index is 0.398. The van der Waals surface area contributed by atoms with Gasteiger partial charge in [-0.3, -0.25) is 0 Å². The summed E-state index contributed by atoms with van der Waals surface area (Å²) in [5.74, 6) is 1.38. The van der Waals surface area contributed by atoms with Gasteiger partial charge in [-0.05, 0) is 31.0 Å². The zero-order chi connectivity index (χ0) is 10.6. The summed E-state index contributed by atoms with van der Waals surface area (Å²) in [4.78, 5) is 0. The zero-order valence-electron chi connectivity index (χ0n) is 9.21.